The molecule has 3 aromatic rings. The molecule has 4 heteroatoms. The summed E-state index contributed by atoms with van der Waals surface area (Å²) in [5, 5.41) is 2.67. The summed E-state index contributed by atoms with van der Waals surface area (Å²) in [7, 11) is -2.54. The first kappa shape index (κ1) is 27.1. The van der Waals surface area contributed by atoms with Gasteiger partial charge in [-0.25, -0.2) is 0 Å². The van der Waals surface area contributed by atoms with Crippen molar-refractivity contribution in [2.45, 2.75) is 52.4 Å². The number of rotatable bonds is 9. The summed E-state index contributed by atoms with van der Waals surface area (Å²) in [5.41, 5.74) is 3.99. The Kier molecular flexibility index (Phi) is 8.06. The molecular formula is C34H42O3Si. The van der Waals surface area contributed by atoms with E-state index in [-0.39, 0.29) is 11.1 Å². The van der Waals surface area contributed by atoms with Gasteiger partial charge in [0.15, 0.2) is 0 Å². The molecule has 1 aliphatic heterocycles. The topological polar surface area (TPSA) is 27.7 Å². The van der Waals surface area contributed by atoms with Crippen molar-refractivity contribution in [2.75, 3.05) is 19.8 Å². The van der Waals surface area contributed by atoms with Gasteiger partial charge < -0.3 is 13.9 Å². The lowest BCUT2D eigenvalue weighted by Gasteiger charge is -2.43. The predicted molar refractivity (Wildman–Crippen MR) is 158 cm³/mol. The summed E-state index contributed by atoms with van der Waals surface area (Å²) in [6.45, 7) is 14.3. The van der Waals surface area contributed by atoms with Crippen LogP contribution in [0.25, 0.3) is 0 Å². The third-order valence-corrected chi connectivity index (χ3v) is 13.4. The highest BCUT2D eigenvalue weighted by molar-refractivity contribution is 6.99. The number of hydrogen-bond acceptors (Lipinski definition) is 3. The summed E-state index contributed by atoms with van der Waals surface area (Å²) in [4.78, 5) is 0. The quantitative estimate of drug-likeness (QED) is 0.239. The Morgan fingerprint density at radius 3 is 1.89 bits per heavy atom. The van der Waals surface area contributed by atoms with E-state index in [0.717, 1.165) is 13.2 Å². The second kappa shape index (κ2) is 11.3. The van der Waals surface area contributed by atoms with Gasteiger partial charge in [0.05, 0.1) is 19.8 Å². The monoisotopic (exact) mass is 526 g/mol. The zero-order valence-corrected chi connectivity index (χ0v) is 24.5. The minimum absolute atomic E-state index is 0.0145. The number of allylic oxidation sites excluding steroid dienone is 1. The maximum absolute atomic E-state index is 7.31. The van der Waals surface area contributed by atoms with Crippen LogP contribution in [0.4, 0.5) is 0 Å². The Morgan fingerprint density at radius 1 is 0.816 bits per heavy atom. The number of benzene rings is 3. The van der Waals surface area contributed by atoms with Crippen LogP contribution >= 0.6 is 0 Å². The van der Waals surface area contributed by atoms with Crippen LogP contribution in [0.3, 0.4) is 0 Å². The third kappa shape index (κ3) is 5.33. The SMILES string of the molecule is CC(C)=C1[C@H]2[C@@H](CO[C@H]1COCc1ccccc1)[C@@H]2CO[Si](c1ccccc1)(c1ccccc1)C(C)(C)C. The first-order valence-electron chi connectivity index (χ1n) is 14.0. The van der Waals surface area contributed by atoms with E-state index in [2.05, 4.69) is 120 Å². The van der Waals surface area contributed by atoms with E-state index >= 15 is 0 Å². The lowest BCUT2D eigenvalue weighted by molar-refractivity contribution is -0.0220. The van der Waals surface area contributed by atoms with Gasteiger partial charge in [0.2, 0.25) is 0 Å². The van der Waals surface area contributed by atoms with Gasteiger partial charge in [-0.15, -0.1) is 0 Å². The second-order valence-corrected chi connectivity index (χ2v) is 16.4. The highest BCUT2D eigenvalue weighted by Gasteiger charge is 2.58. The molecule has 200 valence electrons. The fraction of sp³-hybridized carbons (Fsp3) is 0.412. The minimum Gasteiger partial charge on any atom is -0.407 e. The number of hydrogen-bond donors (Lipinski definition) is 0. The molecule has 0 bridgehead atoms. The lowest BCUT2D eigenvalue weighted by atomic mass is 9.96. The average Bonchev–Trinajstić information content (AvgIpc) is 3.62. The van der Waals surface area contributed by atoms with Crippen LogP contribution in [0.1, 0.15) is 40.2 Å². The van der Waals surface area contributed by atoms with E-state index in [1.54, 1.807) is 0 Å². The van der Waals surface area contributed by atoms with Crippen LogP contribution in [-0.4, -0.2) is 34.2 Å². The Balaban J connectivity index is 1.34. The van der Waals surface area contributed by atoms with Crippen molar-refractivity contribution in [3.63, 3.8) is 0 Å². The summed E-state index contributed by atoms with van der Waals surface area (Å²) < 4.78 is 19.9. The van der Waals surface area contributed by atoms with Gasteiger partial charge in [0.25, 0.3) is 8.32 Å². The van der Waals surface area contributed by atoms with Crippen LogP contribution in [0.2, 0.25) is 5.04 Å². The molecule has 5 rings (SSSR count). The minimum atomic E-state index is -2.54. The molecule has 0 radical (unpaired) electrons. The maximum Gasteiger partial charge on any atom is 0.261 e. The Labute approximate surface area is 230 Å². The van der Waals surface area contributed by atoms with Gasteiger partial charge in [-0.3, -0.25) is 0 Å². The van der Waals surface area contributed by atoms with Gasteiger partial charge in [0, 0.05) is 6.61 Å². The number of ether oxygens (including phenoxy) is 2. The van der Waals surface area contributed by atoms with Crippen molar-refractivity contribution in [3.05, 3.63) is 108 Å². The Hall–Kier alpha value is -2.50. The molecule has 1 heterocycles. The van der Waals surface area contributed by atoms with E-state index < -0.39 is 8.32 Å². The standard InChI is InChI=1S/C34H42O3Si/c1-25(2)32-31(24-35-21-26-15-9-6-10-16-26)36-22-29-30(33(29)32)23-37-38(34(3,4)5,27-17-11-7-12-18-27)28-19-13-8-14-20-28/h6-20,29-31,33H,21-24H2,1-5H3/t29-,30-,31-,33-/m0/s1. The van der Waals surface area contributed by atoms with E-state index in [4.69, 9.17) is 13.9 Å². The zero-order chi connectivity index (χ0) is 26.8. The average molecular weight is 527 g/mol. The Morgan fingerprint density at radius 2 is 1.37 bits per heavy atom. The van der Waals surface area contributed by atoms with Crippen molar-refractivity contribution in [1.82, 2.24) is 0 Å². The molecule has 38 heavy (non-hydrogen) atoms. The molecule has 1 saturated heterocycles. The molecule has 2 fully saturated rings. The molecule has 4 atom stereocenters. The van der Waals surface area contributed by atoms with Gasteiger partial charge in [-0.05, 0) is 58.1 Å². The molecule has 1 saturated carbocycles. The van der Waals surface area contributed by atoms with Gasteiger partial charge in [0.1, 0.15) is 6.10 Å². The molecule has 3 aromatic carbocycles. The second-order valence-electron chi connectivity index (χ2n) is 12.1. The van der Waals surface area contributed by atoms with Gasteiger partial charge in [-0.1, -0.05) is 117 Å². The third-order valence-electron chi connectivity index (χ3n) is 8.39. The molecular weight excluding hydrogens is 484 g/mol. The molecule has 0 N–H and O–H groups in total. The van der Waals surface area contributed by atoms with Crippen molar-refractivity contribution >= 4 is 18.7 Å². The summed E-state index contributed by atoms with van der Waals surface area (Å²) in [5.74, 6) is 1.54. The molecule has 0 aromatic heterocycles. The van der Waals surface area contributed by atoms with E-state index in [9.17, 15) is 0 Å². The van der Waals surface area contributed by atoms with Gasteiger partial charge >= 0.3 is 0 Å². The van der Waals surface area contributed by atoms with Crippen molar-refractivity contribution in [3.8, 4) is 0 Å². The molecule has 2 aliphatic rings. The molecule has 1 aliphatic carbocycles. The number of fused-ring (bicyclic) bond motifs is 1. The van der Waals surface area contributed by atoms with Crippen molar-refractivity contribution in [2.24, 2.45) is 17.8 Å². The van der Waals surface area contributed by atoms with E-state index in [0.29, 0.717) is 31.0 Å². The zero-order valence-electron chi connectivity index (χ0n) is 23.5. The van der Waals surface area contributed by atoms with Crippen LogP contribution in [0.5, 0.6) is 0 Å². The molecule has 0 unspecified atom stereocenters. The predicted octanol–water partition coefficient (Wildman–Crippen LogP) is 6.38. The maximum atomic E-state index is 7.31. The van der Waals surface area contributed by atoms with Crippen LogP contribution < -0.4 is 10.4 Å². The van der Waals surface area contributed by atoms with Crippen LogP contribution in [0, 0.1) is 17.8 Å². The molecule has 0 amide bonds. The van der Waals surface area contributed by atoms with E-state index in [1.807, 2.05) is 6.07 Å². The van der Waals surface area contributed by atoms with Crippen LogP contribution in [0.15, 0.2) is 102 Å². The first-order valence-corrected chi connectivity index (χ1v) is 15.9. The Bertz CT molecular complexity index is 1170. The molecule has 3 nitrogen and oxygen atoms in total. The fourth-order valence-electron chi connectivity index (χ4n) is 6.53. The lowest BCUT2D eigenvalue weighted by Crippen LogP contribution is -2.66. The highest BCUT2D eigenvalue weighted by atomic mass is 28.4. The van der Waals surface area contributed by atoms with Crippen LogP contribution in [-0.2, 0) is 20.5 Å². The smallest absolute Gasteiger partial charge is 0.261 e. The van der Waals surface area contributed by atoms with Crippen molar-refractivity contribution < 1.29 is 13.9 Å². The van der Waals surface area contributed by atoms with E-state index in [1.165, 1.54) is 27.1 Å². The highest BCUT2D eigenvalue weighted by Crippen LogP contribution is 2.56. The largest absolute Gasteiger partial charge is 0.407 e. The van der Waals surface area contributed by atoms with Gasteiger partial charge in [-0.2, -0.15) is 0 Å². The first-order chi connectivity index (χ1) is 18.3. The fourth-order valence-corrected chi connectivity index (χ4v) is 11.1. The van der Waals surface area contributed by atoms with Crippen molar-refractivity contribution in [1.29, 1.82) is 0 Å². The molecule has 0 spiro atoms. The summed E-state index contributed by atoms with van der Waals surface area (Å²) in [6.07, 6.45) is 0.0304. The summed E-state index contributed by atoms with van der Waals surface area (Å²) in [6, 6.07) is 32.3. The normalized spacial score (nSPS) is 23.1. The summed E-state index contributed by atoms with van der Waals surface area (Å²) >= 11 is 0.